The molecule has 3 aromatic rings. The third kappa shape index (κ3) is 5.03. The zero-order chi connectivity index (χ0) is 18.4. The van der Waals surface area contributed by atoms with Crippen molar-refractivity contribution in [3.8, 4) is 16.5 Å². The number of nitrogens with one attached hydrogen (secondary N) is 2. The molecule has 0 atom stereocenters. The van der Waals surface area contributed by atoms with Gasteiger partial charge < -0.3 is 15.4 Å². The number of carbonyl (C=O) groups excluding carboxylic acids is 1. The van der Waals surface area contributed by atoms with Crippen molar-refractivity contribution in [2.75, 3.05) is 18.5 Å². The summed E-state index contributed by atoms with van der Waals surface area (Å²) in [6, 6.07) is 13.3. The van der Waals surface area contributed by atoms with E-state index in [9.17, 15) is 4.79 Å². The van der Waals surface area contributed by atoms with Crippen LogP contribution < -0.4 is 15.4 Å². The van der Waals surface area contributed by atoms with Crippen LogP contribution in [0.15, 0.2) is 47.8 Å². The fourth-order valence-corrected chi connectivity index (χ4v) is 3.19. The average molecular weight is 368 g/mol. The SMILES string of the molecule is Cc1cc(C)cc(NC(=O)NCCOc2ccc(-c3cccs3)nn2)c1. The molecule has 3 rings (SSSR count). The maximum atomic E-state index is 11.9. The van der Waals surface area contributed by atoms with Crippen LogP contribution in [0, 0.1) is 13.8 Å². The Labute approximate surface area is 156 Å². The van der Waals surface area contributed by atoms with E-state index in [0.29, 0.717) is 19.0 Å². The van der Waals surface area contributed by atoms with E-state index in [1.807, 2.05) is 49.6 Å². The molecule has 0 bridgehead atoms. The fraction of sp³-hybridized carbons (Fsp3) is 0.211. The maximum Gasteiger partial charge on any atom is 0.319 e. The Morgan fingerprint density at radius 3 is 2.58 bits per heavy atom. The van der Waals surface area contributed by atoms with Gasteiger partial charge in [0.1, 0.15) is 12.3 Å². The number of ether oxygens (including phenoxy) is 1. The third-order valence-corrected chi connectivity index (χ3v) is 4.42. The lowest BCUT2D eigenvalue weighted by atomic mass is 10.1. The minimum atomic E-state index is -0.266. The number of aromatic nitrogens is 2. The molecule has 2 aromatic heterocycles. The van der Waals surface area contributed by atoms with Crippen LogP contribution in [0.3, 0.4) is 0 Å². The average Bonchev–Trinajstić information content (AvgIpc) is 3.13. The molecule has 1 aromatic carbocycles. The second-order valence-corrected chi connectivity index (χ2v) is 6.79. The zero-order valence-corrected chi connectivity index (χ0v) is 15.5. The van der Waals surface area contributed by atoms with Crippen LogP contribution in [-0.2, 0) is 0 Å². The molecule has 7 heteroatoms. The summed E-state index contributed by atoms with van der Waals surface area (Å²) in [6.07, 6.45) is 0. The first-order chi connectivity index (χ1) is 12.6. The van der Waals surface area contributed by atoms with Crippen LogP contribution in [-0.4, -0.2) is 29.4 Å². The highest BCUT2D eigenvalue weighted by molar-refractivity contribution is 7.13. The number of carbonyl (C=O) groups is 1. The van der Waals surface area contributed by atoms with Gasteiger partial charge in [-0.3, -0.25) is 0 Å². The van der Waals surface area contributed by atoms with Crippen molar-refractivity contribution in [2.45, 2.75) is 13.8 Å². The zero-order valence-electron chi connectivity index (χ0n) is 14.7. The van der Waals surface area contributed by atoms with E-state index in [2.05, 4.69) is 26.9 Å². The first kappa shape index (κ1) is 17.9. The monoisotopic (exact) mass is 368 g/mol. The van der Waals surface area contributed by atoms with Crippen molar-refractivity contribution >= 4 is 23.1 Å². The Morgan fingerprint density at radius 2 is 1.92 bits per heavy atom. The minimum Gasteiger partial charge on any atom is -0.475 e. The van der Waals surface area contributed by atoms with Crippen LogP contribution >= 0.6 is 11.3 Å². The molecule has 0 aliphatic carbocycles. The van der Waals surface area contributed by atoms with E-state index in [1.165, 1.54) is 0 Å². The molecule has 2 heterocycles. The Kier molecular flexibility index (Phi) is 5.80. The van der Waals surface area contributed by atoms with E-state index < -0.39 is 0 Å². The number of rotatable bonds is 6. The molecule has 26 heavy (non-hydrogen) atoms. The topological polar surface area (TPSA) is 76.1 Å². The first-order valence-corrected chi connectivity index (χ1v) is 9.12. The van der Waals surface area contributed by atoms with Crippen molar-refractivity contribution in [3.05, 3.63) is 59.0 Å². The second-order valence-electron chi connectivity index (χ2n) is 5.84. The number of benzene rings is 1. The Bertz CT molecular complexity index is 844. The predicted octanol–water partition coefficient (Wildman–Crippen LogP) is 4.02. The molecule has 2 amide bonds. The smallest absolute Gasteiger partial charge is 0.319 e. The molecule has 0 aliphatic heterocycles. The van der Waals surface area contributed by atoms with Gasteiger partial charge in [-0.15, -0.1) is 21.5 Å². The number of anilines is 1. The van der Waals surface area contributed by atoms with Gasteiger partial charge in [0.2, 0.25) is 5.88 Å². The first-order valence-electron chi connectivity index (χ1n) is 8.24. The van der Waals surface area contributed by atoms with Gasteiger partial charge in [0.25, 0.3) is 0 Å². The highest BCUT2D eigenvalue weighted by Gasteiger charge is 2.04. The molecule has 0 aliphatic rings. The van der Waals surface area contributed by atoms with Crippen LogP contribution in [0.2, 0.25) is 0 Å². The molecule has 0 fully saturated rings. The summed E-state index contributed by atoms with van der Waals surface area (Å²) in [5.74, 6) is 0.432. The molecule has 0 radical (unpaired) electrons. The van der Waals surface area contributed by atoms with E-state index in [-0.39, 0.29) is 6.03 Å². The number of urea groups is 1. The number of nitrogens with zero attached hydrogens (tertiary/aromatic N) is 2. The maximum absolute atomic E-state index is 11.9. The second kappa shape index (κ2) is 8.44. The van der Waals surface area contributed by atoms with Crippen molar-refractivity contribution in [3.63, 3.8) is 0 Å². The standard InChI is InChI=1S/C19H20N4O2S/c1-13-10-14(2)12-15(11-13)21-19(24)20-7-8-25-18-6-5-16(22-23-18)17-4-3-9-26-17/h3-6,9-12H,7-8H2,1-2H3,(H2,20,21,24). The van der Waals surface area contributed by atoms with E-state index in [0.717, 1.165) is 27.4 Å². The third-order valence-electron chi connectivity index (χ3n) is 3.53. The lowest BCUT2D eigenvalue weighted by Gasteiger charge is -2.10. The summed E-state index contributed by atoms with van der Waals surface area (Å²) in [4.78, 5) is 13.0. The van der Waals surface area contributed by atoms with Gasteiger partial charge in [-0.25, -0.2) is 4.79 Å². The van der Waals surface area contributed by atoms with Gasteiger partial charge in [0, 0.05) is 11.8 Å². The van der Waals surface area contributed by atoms with E-state index in [1.54, 1.807) is 17.4 Å². The van der Waals surface area contributed by atoms with Gasteiger partial charge in [0.05, 0.1) is 11.4 Å². The summed E-state index contributed by atoms with van der Waals surface area (Å²) in [7, 11) is 0. The van der Waals surface area contributed by atoms with Crippen molar-refractivity contribution in [1.82, 2.24) is 15.5 Å². The number of thiophene rings is 1. The lowest BCUT2D eigenvalue weighted by molar-refractivity contribution is 0.246. The minimum absolute atomic E-state index is 0.266. The van der Waals surface area contributed by atoms with Gasteiger partial charge >= 0.3 is 6.03 Å². The fourth-order valence-electron chi connectivity index (χ4n) is 2.50. The van der Waals surface area contributed by atoms with Crippen LogP contribution in [0.25, 0.3) is 10.6 Å². The molecule has 0 saturated heterocycles. The summed E-state index contributed by atoms with van der Waals surface area (Å²) in [5.41, 5.74) is 3.80. The summed E-state index contributed by atoms with van der Waals surface area (Å²) in [6.45, 7) is 4.67. The van der Waals surface area contributed by atoms with Crippen LogP contribution in [0.4, 0.5) is 10.5 Å². The summed E-state index contributed by atoms with van der Waals surface area (Å²) in [5, 5.41) is 15.7. The number of hydrogen-bond acceptors (Lipinski definition) is 5. The molecule has 6 nitrogen and oxygen atoms in total. The number of hydrogen-bond donors (Lipinski definition) is 2. The van der Waals surface area contributed by atoms with Crippen molar-refractivity contribution < 1.29 is 9.53 Å². The normalized spacial score (nSPS) is 10.4. The molecule has 134 valence electrons. The molecule has 0 unspecified atom stereocenters. The molecule has 0 saturated carbocycles. The van der Waals surface area contributed by atoms with Gasteiger partial charge in [-0.2, -0.15) is 0 Å². The number of amides is 2. The summed E-state index contributed by atoms with van der Waals surface area (Å²) < 4.78 is 5.50. The van der Waals surface area contributed by atoms with Gasteiger partial charge in [0.15, 0.2) is 0 Å². The Balaban J connectivity index is 1.41. The molecular formula is C19H20N4O2S. The van der Waals surface area contributed by atoms with Gasteiger partial charge in [-0.05, 0) is 54.6 Å². The van der Waals surface area contributed by atoms with Crippen LogP contribution in [0.5, 0.6) is 5.88 Å². The Hall–Kier alpha value is -2.93. The van der Waals surface area contributed by atoms with E-state index >= 15 is 0 Å². The lowest BCUT2D eigenvalue weighted by Crippen LogP contribution is -2.32. The quantitative estimate of drug-likeness (QED) is 0.644. The predicted molar refractivity (Wildman–Crippen MR) is 104 cm³/mol. The van der Waals surface area contributed by atoms with Gasteiger partial charge in [-0.1, -0.05) is 12.1 Å². The van der Waals surface area contributed by atoms with Crippen molar-refractivity contribution in [2.24, 2.45) is 0 Å². The summed E-state index contributed by atoms with van der Waals surface area (Å²) >= 11 is 1.61. The molecule has 0 spiro atoms. The molecule has 2 N–H and O–H groups in total. The van der Waals surface area contributed by atoms with Crippen molar-refractivity contribution in [1.29, 1.82) is 0 Å². The van der Waals surface area contributed by atoms with Crippen LogP contribution in [0.1, 0.15) is 11.1 Å². The highest BCUT2D eigenvalue weighted by atomic mass is 32.1. The molecular weight excluding hydrogens is 348 g/mol. The number of aryl methyl sites for hydroxylation is 2. The Morgan fingerprint density at radius 1 is 1.12 bits per heavy atom. The highest BCUT2D eigenvalue weighted by Crippen LogP contribution is 2.22. The van der Waals surface area contributed by atoms with E-state index in [4.69, 9.17) is 4.74 Å². The largest absolute Gasteiger partial charge is 0.475 e.